The van der Waals surface area contributed by atoms with Crippen molar-refractivity contribution in [2.24, 2.45) is 0 Å². The molecule has 0 aromatic heterocycles. The molecule has 0 saturated carbocycles. The first-order valence-electron chi connectivity index (χ1n) is 9.56. The van der Waals surface area contributed by atoms with Crippen LogP contribution in [0.2, 0.25) is 0 Å². The molecule has 29 heavy (non-hydrogen) atoms. The lowest BCUT2D eigenvalue weighted by atomic mass is 9.87. The van der Waals surface area contributed by atoms with Crippen LogP contribution in [0.3, 0.4) is 0 Å². The molecule has 0 radical (unpaired) electrons. The van der Waals surface area contributed by atoms with Crippen molar-refractivity contribution in [3.63, 3.8) is 0 Å². The van der Waals surface area contributed by atoms with Crippen molar-refractivity contribution in [3.05, 3.63) is 65.2 Å². The van der Waals surface area contributed by atoms with Crippen molar-refractivity contribution in [1.29, 1.82) is 0 Å². The predicted molar refractivity (Wildman–Crippen MR) is 113 cm³/mol. The molecule has 0 bridgehead atoms. The van der Waals surface area contributed by atoms with Gasteiger partial charge in [-0.05, 0) is 42.2 Å². The molecular formula is C23H28N2O4. The van der Waals surface area contributed by atoms with Crippen LogP contribution < -0.4 is 10.6 Å². The number of rotatable bonds is 7. The van der Waals surface area contributed by atoms with Crippen LogP contribution in [0, 0.1) is 6.92 Å². The minimum absolute atomic E-state index is 0.0103. The number of hydrogen-bond acceptors (Lipinski definition) is 4. The summed E-state index contributed by atoms with van der Waals surface area (Å²) < 4.78 is 4.94. The Hall–Kier alpha value is -3.15. The lowest BCUT2D eigenvalue weighted by Crippen LogP contribution is -2.27. The Morgan fingerprint density at radius 2 is 1.55 bits per heavy atom. The largest absolute Gasteiger partial charge is 0.456 e. The van der Waals surface area contributed by atoms with E-state index < -0.39 is 11.9 Å². The van der Waals surface area contributed by atoms with E-state index in [2.05, 4.69) is 31.4 Å². The summed E-state index contributed by atoms with van der Waals surface area (Å²) in [6, 6.07) is 14.7. The first kappa shape index (κ1) is 22.1. The standard InChI is InChI=1S/C23H28N2O4/c1-16-5-11-19(12-6-16)25-20(26)15-29-21(27)13-14-24-22(28)17-7-9-18(10-8-17)23(2,3)4/h5-12H,13-15H2,1-4H3,(H,24,28)(H,25,26). The quantitative estimate of drug-likeness (QED) is 0.701. The Bertz CT molecular complexity index is 850. The maximum Gasteiger partial charge on any atom is 0.308 e. The highest BCUT2D eigenvalue weighted by molar-refractivity contribution is 5.94. The summed E-state index contributed by atoms with van der Waals surface area (Å²) in [4.78, 5) is 35.7. The molecule has 0 aliphatic heterocycles. The summed E-state index contributed by atoms with van der Waals surface area (Å²) in [6.07, 6.45) is -0.0103. The van der Waals surface area contributed by atoms with E-state index >= 15 is 0 Å². The Morgan fingerprint density at radius 3 is 2.14 bits per heavy atom. The summed E-state index contributed by atoms with van der Waals surface area (Å²) in [6.45, 7) is 8.04. The second-order valence-electron chi connectivity index (χ2n) is 7.91. The number of esters is 1. The molecule has 0 saturated heterocycles. The Labute approximate surface area is 171 Å². The molecule has 0 atom stereocenters. The van der Waals surface area contributed by atoms with E-state index in [1.165, 1.54) is 0 Å². The maximum atomic E-state index is 12.2. The molecule has 6 nitrogen and oxygen atoms in total. The van der Waals surface area contributed by atoms with E-state index in [1.807, 2.05) is 31.2 Å². The van der Waals surface area contributed by atoms with Gasteiger partial charge in [-0.25, -0.2) is 0 Å². The van der Waals surface area contributed by atoms with Crippen molar-refractivity contribution in [2.45, 2.75) is 39.5 Å². The zero-order valence-electron chi connectivity index (χ0n) is 17.4. The number of nitrogens with one attached hydrogen (secondary N) is 2. The summed E-state index contributed by atoms with van der Waals surface area (Å²) in [5.41, 5.74) is 3.42. The van der Waals surface area contributed by atoms with Crippen molar-refractivity contribution >= 4 is 23.5 Å². The SMILES string of the molecule is Cc1ccc(NC(=O)COC(=O)CCNC(=O)c2ccc(C(C)(C)C)cc2)cc1. The van der Waals surface area contributed by atoms with E-state index in [4.69, 9.17) is 4.74 Å². The Morgan fingerprint density at radius 1 is 0.931 bits per heavy atom. The minimum atomic E-state index is -0.549. The van der Waals surface area contributed by atoms with Crippen LogP contribution in [0.5, 0.6) is 0 Å². The van der Waals surface area contributed by atoms with Gasteiger partial charge in [-0.1, -0.05) is 50.6 Å². The van der Waals surface area contributed by atoms with Gasteiger partial charge in [0.25, 0.3) is 11.8 Å². The van der Waals surface area contributed by atoms with Gasteiger partial charge in [-0.3, -0.25) is 14.4 Å². The molecule has 2 aromatic carbocycles. The molecule has 6 heteroatoms. The van der Waals surface area contributed by atoms with Crippen molar-refractivity contribution < 1.29 is 19.1 Å². The highest BCUT2D eigenvalue weighted by Crippen LogP contribution is 2.22. The number of aryl methyl sites for hydroxylation is 1. The smallest absolute Gasteiger partial charge is 0.308 e. The number of hydrogen-bond donors (Lipinski definition) is 2. The number of amides is 2. The normalized spacial score (nSPS) is 10.9. The second kappa shape index (κ2) is 9.87. The van der Waals surface area contributed by atoms with Gasteiger partial charge >= 0.3 is 5.97 Å². The number of carbonyl (C=O) groups excluding carboxylic acids is 3. The predicted octanol–water partition coefficient (Wildman–Crippen LogP) is 3.59. The zero-order chi connectivity index (χ0) is 21.4. The number of ether oxygens (including phenoxy) is 1. The lowest BCUT2D eigenvalue weighted by molar-refractivity contribution is -0.147. The maximum absolute atomic E-state index is 12.2. The summed E-state index contributed by atoms with van der Waals surface area (Å²) >= 11 is 0. The van der Waals surface area contributed by atoms with E-state index in [1.54, 1.807) is 24.3 Å². The second-order valence-corrected chi connectivity index (χ2v) is 7.91. The topological polar surface area (TPSA) is 84.5 Å². The van der Waals surface area contributed by atoms with Crippen LogP contribution >= 0.6 is 0 Å². The molecule has 0 aliphatic rings. The number of benzene rings is 2. The molecule has 0 aliphatic carbocycles. The zero-order valence-corrected chi connectivity index (χ0v) is 17.4. The molecule has 0 unspecified atom stereocenters. The van der Waals surface area contributed by atoms with Crippen LogP contribution in [0.1, 0.15) is 48.7 Å². The number of anilines is 1. The van der Waals surface area contributed by atoms with E-state index in [-0.39, 0.29) is 30.9 Å². The molecule has 0 heterocycles. The summed E-state index contributed by atoms with van der Waals surface area (Å²) in [7, 11) is 0. The van der Waals surface area contributed by atoms with Crippen LogP contribution in [0.15, 0.2) is 48.5 Å². The first-order valence-corrected chi connectivity index (χ1v) is 9.56. The van der Waals surface area contributed by atoms with Gasteiger partial charge in [0.2, 0.25) is 0 Å². The summed E-state index contributed by atoms with van der Waals surface area (Å²) in [5, 5.41) is 5.33. The molecule has 2 amide bonds. The molecular weight excluding hydrogens is 368 g/mol. The van der Waals surface area contributed by atoms with Crippen LogP contribution in [-0.2, 0) is 19.7 Å². The van der Waals surface area contributed by atoms with Crippen molar-refractivity contribution in [3.8, 4) is 0 Å². The van der Waals surface area contributed by atoms with Gasteiger partial charge < -0.3 is 15.4 Å². The van der Waals surface area contributed by atoms with Crippen LogP contribution in [0.25, 0.3) is 0 Å². The average molecular weight is 396 g/mol. The molecule has 2 rings (SSSR count). The molecule has 0 fully saturated rings. The van der Waals surface area contributed by atoms with Crippen LogP contribution in [0.4, 0.5) is 5.69 Å². The minimum Gasteiger partial charge on any atom is -0.456 e. The third-order valence-corrected chi connectivity index (χ3v) is 4.33. The van der Waals surface area contributed by atoms with Gasteiger partial charge in [0.05, 0.1) is 6.42 Å². The third kappa shape index (κ3) is 7.41. The van der Waals surface area contributed by atoms with Gasteiger partial charge in [-0.15, -0.1) is 0 Å². The van der Waals surface area contributed by atoms with E-state index in [9.17, 15) is 14.4 Å². The lowest BCUT2D eigenvalue weighted by Gasteiger charge is -2.19. The highest BCUT2D eigenvalue weighted by atomic mass is 16.5. The Kier molecular flexibility index (Phi) is 7.53. The monoisotopic (exact) mass is 396 g/mol. The Balaban J connectivity index is 1.69. The number of carbonyl (C=O) groups is 3. The van der Waals surface area contributed by atoms with Gasteiger partial charge in [0.15, 0.2) is 6.61 Å². The van der Waals surface area contributed by atoms with Gasteiger partial charge in [0.1, 0.15) is 0 Å². The van der Waals surface area contributed by atoms with E-state index in [0.29, 0.717) is 11.3 Å². The highest BCUT2D eigenvalue weighted by Gasteiger charge is 2.14. The van der Waals surface area contributed by atoms with Crippen molar-refractivity contribution in [1.82, 2.24) is 5.32 Å². The molecule has 0 spiro atoms. The fourth-order valence-corrected chi connectivity index (χ4v) is 2.55. The molecule has 2 N–H and O–H groups in total. The third-order valence-electron chi connectivity index (χ3n) is 4.33. The first-order chi connectivity index (χ1) is 13.6. The average Bonchev–Trinajstić information content (AvgIpc) is 2.67. The van der Waals surface area contributed by atoms with Gasteiger partial charge in [0, 0.05) is 17.8 Å². The van der Waals surface area contributed by atoms with Crippen LogP contribution in [-0.4, -0.2) is 30.9 Å². The molecule has 154 valence electrons. The fourth-order valence-electron chi connectivity index (χ4n) is 2.55. The van der Waals surface area contributed by atoms with E-state index in [0.717, 1.165) is 11.1 Å². The van der Waals surface area contributed by atoms with Gasteiger partial charge in [-0.2, -0.15) is 0 Å². The molecule has 2 aromatic rings. The summed E-state index contributed by atoms with van der Waals surface area (Å²) in [5.74, 6) is -1.21. The fraction of sp³-hybridized carbons (Fsp3) is 0.348. The van der Waals surface area contributed by atoms with Crippen molar-refractivity contribution in [2.75, 3.05) is 18.5 Å².